The second-order valence-corrected chi connectivity index (χ2v) is 5.50. The van der Waals surface area contributed by atoms with Gasteiger partial charge in [-0.15, -0.1) is 0 Å². The van der Waals surface area contributed by atoms with Crippen LogP contribution in [0.5, 0.6) is 11.5 Å². The Labute approximate surface area is 129 Å². The van der Waals surface area contributed by atoms with E-state index in [1.165, 1.54) is 0 Å². The van der Waals surface area contributed by atoms with Gasteiger partial charge in [0.15, 0.2) is 11.5 Å². The molecular weight excluding hydrogens is 290 g/mol. The zero-order valence-electron chi connectivity index (χ0n) is 12.9. The first kappa shape index (κ1) is 15.5. The molecular formula is C15H20ClN3O2. The highest BCUT2D eigenvalue weighted by atomic mass is 35.5. The number of aromatic nitrogens is 2. The number of nitrogens with two attached hydrogens (primary N) is 1. The molecule has 6 heteroatoms. The second-order valence-electron chi connectivity index (χ2n) is 5.12. The molecule has 0 radical (unpaired) electrons. The Morgan fingerprint density at radius 1 is 1.24 bits per heavy atom. The van der Waals surface area contributed by atoms with Crippen molar-refractivity contribution in [3.05, 3.63) is 22.7 Å². The Kier molecular flexibility index (Phi) is 4.32. The Morgan fingerprint density at radius 2 is 1.90 bits per heavy atom. The molecule has 5 nitrogen and oxygen atoms in total. The van der Waals surface area contributed by atoms with Gasteiger partial charge in [-0.1, -0.05) is 25.4 Å². The smallest absolute Gasteiger partial charge is 0.171 e. The highest BCUT2D eigenvalue weighted by Crippen LogP contribution is 2.46. The number of halogens is 1. The third kappa shape index (κ3) is 2.65. The zero-order valence-corrected chi connectivity index (χ0v) is 13.7. The molecule has 0 aliphatic carbocycles. The zero-order chi connectivity index (χ0) is 15.7. The molecule has 21 heavy (non-hydrogen) atoms. The van der Waals surface area contributed by atoms with E-state index >= 15 is 0 Å². The largest absolute Gasteiger partial charge is 0.493 e. The SMILES string of the molecule is COc1cc(C(C)C)c(Cl)c(-c2cc(N)n(C)n2)c1OC. The van der Waals surface area contributed by atoms with E-state index < -0.39 is 0 Å². The summed E-state index contributed by atoms with van der Waals surface area (Å²) in [6.45, 7) is 4.15. The van der Waals surface area contributed by atoms with Crippen molar-refractivity contribution in [2.45, 2.75) is 19.8 Å². The summed E-state index contributed by atoms with van der Waals surface area (Å²) in [5.41, 5.74) is 8.22. The summed E-state index contributed by atoms with van der Waals surface area (Å²) in [5, 5.41) is 5.01. The highest BCUT2D eigenvalue weighted by Gasteiger charge is 2.23. The lowest BCUT2D eigenvalue weighted by Gasteiger charge is -2.18. The number of aryl methyl sites for hydroxylation is 1. The summed E-state index contributed by atoms with van der Waals surface area (Å²) in [4.78, 5) is 0. The van der Waals surface area contributed by atoms with E-state index in [2.05, 4.69) is 18.9 Å². The molecule has 0 atom stereocenters. The van der Waals surface area contributed by atoms with E-state index in [0.717, 1.165) is 5.56 Å². The molecule has 2 N–H and O–H groups in total. The summed E-state index contributed by atoms with van der Waals surface area (Å²) >= 11 is 6.59. The van der Waals surface area contributed by atoms with Gasteiger partial charge in [-0.2, -0.15) is 5.10 Å². The van der Waals surface area contributed by atoms with Crippen LogP contribution in [0.2, 0.25) is 5.02 Å². The van der Waals surface area contributed by atoms with E-state index in [9.17, 15) is 0 Å². The van der Waals surface area contributed by atoms with Crippen molar-refractivity contribution in [1.82, 2.24) is 9.78 Å². The minimum Gasteiger partial charge on any atom is -0.493 e. The number of anilines is 1. The van der Waals surface area contributed by atoms with E-state index in [-0.39, 0.29) is 5.92 Å². The van der Waals surface area contributed by atoms with Gasteiger partial charge in [0, 0.05) is 13.1 Å². The van der Waals surface area contributed by atoms with Crippen LogP contribution < -0.4 is 15.2 Å². The molecule has 114 valence electrons. The van der Waals surface area contributed by atoms with Crippen molar-refractivity contribution in [2.75, 3.05) is 20.0 Å². The topological polar surface area (TPSA) is 62.3 Å². The van der Waals surface area contributed by atoms with Crippen LogP contribution in [0, 0.1) is 0 Å². The number of methoxy groups -OCH3 is 2. The fraction of sp³-hybridized carbons (Fsp3) is 0.400. The third-order valence-corrected chi connectivity index (χ3v) is 3.84. The number of ether oxygens (including phenoxy) is 2. The lowest BCUT2D eigenvalue weighted by molar-refractivity contribution is 0.355. The van der Waals surface area contributed by atoms with Crippen molar-refractivity contribution >= 4 is 17.4 Å². The van der Waals surface area contributed by atoms with Crippen LogP contribution in [0.3, 0.4) is 0 Å². The lowest BCUT2D eigenvalue weighted by atomic mass is 9.97. The first-order valence-electron chi connectivity index (χ1n) is 6.64. The Bertz CT molecular complexity index is 646. The van der Waals surface area contributed by atoms with Gasteiger partial charge in [0.25, 0.3) is 0 Å². The van der Waals surface area contributed by atoms with Crippen LogP contribution in [0.25, 0.3) is 11.3 Å². The molecule has 0 amide bonds. The molecule has 0 unspecified atom stereocenters. The maximum Gasteiger partial charge on any atom is 0.171 e. The predicted molar refractivity (Wildman–Crippen MR) is 85.3 cm³/mol. The standard InChI is InChI=1S/C15H20ClN3O2/c1-8(2)9-6-11(20-4)15(21-5)13(14(9)16)10-7-12(17)19(3)18-10/h6-8H,17H2,1-5H3. The quantitative estimate of drug-likeness (QED) is 0.939. The van der Waals surface area contributed by atoms with E-state index in [1.807, 2.05) is 6.07 Å². The van der Waals surface area contributed by atoms with Gasteiger partial charge in [0.1, 0.15) is 5.82 Å². The van der Waals surface area contributed by atoms with Crippen LogP contribution in [-0.2, 0) is 7.05 Å². The summed E-state index contributed by atoms with van der Waals surface area (Å²) in [6, 6.07) is 3.68. The maximum absolute atomic E-state index is 6.59. The average molecular weight is 310 g/mol. The normalized spacial score (nSPS) is 11.0. The van der Waals surface area contributed by atoms with Gasteiger partial charge in [-0.05, 0) is 17.5 Å². The first-order chi connectivity index (χ1) is 9.90. The van der Waals surface area contributed by atoms with Crippen LogP contribution in [0.1, 0.15) is 25.3 Å². The van der Waals surface area contributed by atoms with Gasteiger partial charge in [-0.25, -0.2) is 0 Å². The monoisotopic (exact) mass is 309 g/mol. The van der Waals surface area contributed by atoms with Crippen molar-refractivity contribution in [2.24, 2.45) is 7.05 Å². The number of benzene rings is 1. The fourth-order valence-corrected chi connectivity index (χ4v) is 2.70. The third-order valence-electron chi connectivity index (χ3n) is 3.43. The van der Waals surface area contributed by atoms with Crippen molar-refractivity contribution in [3.8, 4) is 22.8 Å². The van der Waals surface area contributed by atoms with E-state index in [1.54, 1.807) is 32.0 Å². The Hall–Kier alpha value is -1.88. The number of nitrogen functional groups attached to an aromatic ring is 1. The molecule has 1 heterocycles. The summed E-state index contributed by atoms with van der Waals surface area (Å²) in [6.07, 6.45) is 0. The first-order valence-corrected chi connectivity index (χ1v) is 7.02. The van der Waals surface area contributed by atoms with Crippen LogP contribution in [-0.4, -0.2) is 24.0 Å². The summed E-state index contributed by atoms with van der Waals surface area (Å²) in [5.74, 6) is 1.99. The molecule has 0 aliphatic rings. The molecule has 0 aliphatic heterocycles. The minimum atomic E-state index is 0.247. The predicted octanol–water partition coefficient (Wildman–Crippen LogP) is 3.46. The maximum atomic E-state index is 6.59. The van der Waals surface area contributed by atoms with E-state index in [4.69, 9.17) is 26.8 Å². The molecule has 0 fully saturated rings. The molecule has 0 bridgehead atoms. The van der Waals surface area contributed by atoms with E-state index in [0.29, 0.717) is 33.6 Å². The minimum absolute atomic E-state index is 0.247. The van der Waals surface area contributed by atoms with Gasteiger partial charge in [0.2, 0.25) is 0 Å². The fourth-order valence-electron chi connectivity index (χ4n) is 2.24. The summed E-state index contributed by atoms with van der Waals surface area (Å²) in [7, 11) is 4.97. The van der Waals surface area contributed by atoms with Gasteiger partial charge in [0.05, 0.1) is 30.5 Å². The highest BCUT2D eigenvalue weighted by molar-refractivity contribution is 6.34. The summed E-state index contributed by atoms with van der Waals surface area (Å²) < 4.78 is 12.5. The van der Waals surface area contributed by atoms with Crippen molar-refractivity contribution < 1.29 is 9.47 Å². The van der Waals surface area contributed by atoms with Gasteiger partial charge < -0.3 is 15.2 Å². The van der Waals surface area contributed by atoms with Gasteiger partial charge >= 0.3 is 0 Å². The van der Waals surface area contributed by atoms with Crippen LogP contribution in [0.4, 0.5) is 5.82 Å². The lowest BCUT2D eigenvalue weighted by Crippen LogP contribution is -2.00. The molecule has 0 saturated heterocycles. The van der Waals surface area contributed by atoms with Crippen molar-refractivity contribution in [3.63, 3.8) is 0 Å². The second kappa shape index (κ2) is 5.85. The molecule has 2 rings (SSSR count). The van der Waals surface area contributed by atoms with Crippen LogP contribution in [0.15, 0.2) is 12.1 Å². The Morgan fingerprint density at radius 3 is 2.33 bits per heavy atom. The number of hydrogen-bond acceptors (Lipinski definition) is 4. The number of hydrogen-bond donors (Lipinski definition) is 1. The molecule has 0 spiro atoms. The molecule has 1 aromatic heterocycles. The molecule has 2 aromatic rings. The van der Waals surface area contributed by atoms with Crippen molar-refractivity contribution in [1.29, 1.82) is 0 Å². The molecule has 0 saturated carbocycles. The van der Waals surface area contributed by atoms with Gasteiger partial charge in [-0.3, -0.25) is 4.68 Å². The Balaban J connectivity index is 2.80. The number of rotatable bonds is 4. The molecule has 1 aromatic carbocycles. The average Bonchev–Trinajstić information content (AvgIpc) is 2.76. The van der Waals surface area contributed by atoms with Crippen LogP contribution >= 0.6 is 11.6 Å². The number of nitrogens with zero attached hydrogens (tertiary/aromatic N) is 2.